The largest absolute Gasteiger partial charge is 0.493 e. The molecule has 0 aromatic heterocycles. The molecule has 2 aromatic carbocycles. The Kier molecular flexibility index (Phi) is 4.44. The Morgan fingerprint density at radius 3 is 2.76 bits per heavy atom. The topological polar surface area (TPSA) is 47.3 Å². The van der Waals surface area contributed by atoms with Crippen molar-refractivity contribution >= 4 is 11.6 Å². The van der Waals surface area contributed by atoms with E-state index in [0.29, 0.717) is 12.5 Å². The van der Waals surface area contributed by atoms with Crippen LogP contribution in [0.3, 0.4) is 0 Å². The van der Waals surface area contributed by atoms with E-state index in [-0.39, 0.29) is 6.04 Å². The number of hydrazine groups is 1. The zero-order chi connectivity index (χ0) is 14.7. The van der Waals surface area contributed by atoms with Gasteiger partial charge in [-0.2, -0.15) is 0 Å². The highest BCUT2D eigenvalue weighted by Crippen LogP contribution is 2.29. The van der Waals surface area contributed by atoms with Gasteiger partial charge in [0.2, 0.25) is 0 Å². The van der Waals surface area contributed by atoms with E-state index in [9.17, 15) is 0 Å². The van der Waals surface area contributed by atoms with E-state index in [1.54, 1.807) is 0 Å². The molecule has 0 spiro atoms. The van der Waals surface area contributed by atoms with Crippen LogP contribution < -0.4 is 16.0 Å². The number of halogens is 1. The number of benzene rings is 2. The zero-order valence-electron chi connectivity index (χ0n) is 11.8. The molecule has 0 radical (unpaired) electrons. The first kappa shape index (κ1) is 14.4. The van der Waals surface area contributed by atoms with E-state index in [1.807, 2.05) is 42.5 Å². The quantitative estimate of drug-likeness (QED) is 0.674. The summed E-state index contributed by atoms with van der Waals surface area (Å²) in [6.45, 7) is 0.677. The van der Waals surface area contributed by atoms with Gasteiger partial charge in [0.15, 0.2) is 0 Å². The van der Waals surface area contributed by atoms with E-state index in [1.165, 1.54) is 5.56 Å². The van der Waals surface area contributed by atoms with E-state index < -0.39 is 0 Å². The first-order chi connectivity index (χ1) is 10.3. The van der Waals surface area contributed by atoms with Crippen LogP contribution >= 0.6 is 11.6 Å². The van der Waals surface area contributed by atoms with Crippen LogP contribution in [0.1, 0.15) is 11.1 Å². The Morgan fingerprint density at radius 2 is 1.95 bits per heavy atom. The normalized spacial score (nSPS) is 18.7. The van der Waals surface area contributed by atoms with Gasteiger partial charge in [-0.05, 0) is 36.1 Å². The van der Waals surface area contributed by atoms with Gasteiger partial charge in [0.25, 0.3) is 0 Å². The maximum Gasteiger partial charge on any atom is 0.122 e. The number of hydrogen-bond donors (Lipinski definition) is 2. The maximum atomic E-state index is 6.25. The maximum absolute atomic E-state index is 6.25. The molecule has 0 amide bonds. The summed E-state index contributed by atoms with van der Waals surface area (Å²) in [5.74, 6) is 7.10. The second-order valence-electron chi connectivity index (χ2n) is 5.45. The van der Waals surface area contributed by atoms with Gasteiger partial charge in [-0.25, -0.2) is 0 Å². The minimum atomic E-state index is 0.137. The molecule has 110 valence electrons. The van der Waals surface area contributed by atoms with Crippen LogP contribution in [0.25, 0.3) is 0 Å². The fourth-order valence-electron chi connectivity index (χ4n) is 2.87. The van der Waals surface area contributed by atoms with Gasteiger partial charge in [0.1, 0.15) is 5.75 Å². The highest BCUT2D eigenvalue weighted by molar-refractivity contribution is 6.31. The van der Waals surface area contributed by atoms with E-state index >= 15 is 0 Å². The number of nitrogens with two attached hydrogens (primary N) is 1. The number of nitrogens with one attached hydrogen (secondary N) is 1. The van der Waals surface area contributed by atoms with E-state index in [0.717, 1.165) is 29.2 Å². The third kappa shape index (κ3) is 3.21. The van der Waals surface area contributed by atoms with E-state index in [2.05, 4.69) is 11.5 Å². The molecule has 2 aromatic rings. The monoisotopic (exact) mass is 302 g/mol. The van der Waals surface area contributed by atoms with Gasteiger partial charge in [-0.15, -0.1) is 0 Å². The molecule has 3 rings (SSSR count). The second kappa shape index (κ2) is 6.48. The highest BCUT2D eigenvalue weighted by Gasteiger charge is 2.27. The predicted molar refractivity (Wildman–Crippen MR) is 85.4 cm³/mol. The molecule has 0 fully saturated rings. The molecular weight excluding hydrogens is 284 g/mol. The van der Waals surface area contributed by atoms with Gasteiger partial charge in [-0.1, -0.05) is 48.0 Å². The number of fused-ring (bicyclic) bond motifs is 1. The van der Waals surface area contributed by atoms with Crippen LogP contribution in [0, 0.1) is 5.92 Å². The second-order valence-corrected chi connectivity index (χ2v) is 5.86. The average molecular weight is 303 g/mol. The van der Waals surface area contributed by atoms with Crippen LogP contribution in [0.2, 0.25) is 5.02 Å². The summed E-state index contributed by atoms with van der Waals surface area (Å²) < 4.78 is 5.86. The molecule has 2 atom stereocenters. The molecule has 0 bridgehead atoms. The summed E-state index contributed by atoms with van der Waals surface area (Å²) >= 11 is 6.25. The number of hydrogen-bond acceptors (Lipinski definition) is 3. The summed E-state index contributed by atoms with van der Waals surface area (Å²) in [6.07, 6.45) is 1.77. The molecular formula is C17H19ClN2O. The summed E-state index contributed by atoms with van der Waals surface area (Å²) in [5.41, 5.74) is 5.30. The molecule has 1 aliphatic rings. The van der Waals surface area contributed by atoms with Crippen LogP contribution in [-0.2, 0) is 12.8 Å². The predicted octanol–water partition coefficient (Wildman–Crippen LogP) is 2.97. The van der Waals surface area contributed by atoms with Crippen LogP contribution in [-0.4, -0.2) is 12.6 Å². The van der Waals surface area contributed by atoms with Gasteiger partial charge in [-0.3, -0.25) is 11.3 Å². The van der Waals surface area contributed by atoms with Crippen molar-refractivity contribution in [2.45, 2.75) is 18.9 Å². The Morgan fingerprint density at radius 1 is 1.19 bits per heavy atom. The fraction of sp³-hybridized carbons (Fsp3) is 0.294. The number of ether oxygens (including phenoxy) is 1. The van der Waals surface area contributed by atoms with Crippen molar-refractivity contribution in [3.05, 3.63) is 64.7 Å². The lowest BCUT2D eigenvalue weighted by atomic mass is 9.87. The van der Waals surface area contributed by atoms with Crippen molar-refractivity contribution in [1.29, 1.82) is 0 Å². The molecule has 0 saturated heterocycles. The minimum absolute atomic E-state index is 0.137. The van der Waals surface area contributed by atoms with Crippen molar-refractivity contribution in [3.8, 4) is 5.75 Å². The van der Waals surface area contributed by atoms with Crippen LogP contribution in [0.4, 0.5) is 0 Å². The van der Waals surface area contributed by atoms with Gasteiger partial charge >= 0.3 is 0 Å². The third-order valence-corrected chi connectivity index (χ3v) is 4.46. The Hall–Kier alpha value is -1.55. The zero-order valence-corrected chi connectivity index (χ0v) is 12.5. The molecule has 21 heavy (non-hydrogen) atoms. The average Bonchev–Trinajstić information content (AvgIpc) is 2.54. The van der Waals surface area contributed by atoms with Crippen molar-refractivity contribution in [2.75, 3.05) is 6.61 Å². The molecule has 0 saturated carbocycles. The lowest BCUT2D eigenvalue weighted by Crippen LogP contribution is -2.46. The molecule has 2 unspecified atom stereocenters. The molecule has 1 heterocycles. The minimum Gasteiger partial charge on any atom is -0.493 e. The number of para-hydroxylation sites is 1. The van der Waals surface area contributed by atoms with Gasteiger partial charge < -0.3 is 4.74 Å². The molecule has 3 N–H and O–H groups in total. The van der Waals surface area contributed by atoms with Crippen molar-refractivity contribution in [3.63, 3.8) is 0 Å². The van der Waals surface area contributed by atoms with Crippen molar-refractivity contribution in [1.82, 2.24) is 5.43 Å². The SMILES string of the molecule is NNC(Cc1ccccc1Cl)C1COc2ccccc2C1. The Balaban J connectivity index is 1.74. The van der Waals surface area contributed by atoms with Gasteiger partial charge in [0.05, 0.1) is 6.61 Å². The molecule has 1 aliphatic heterocycles. The van der Waals surface area contributed by atoms with Crippen LogP contribution in [0.15, 0.2) is 48.5 Å². The summed E-state index contributed by atoms with van der Waals surface area (Å²) in [5, 5.41) is 0.787. The Labute approximate surface area is 130 Å². The summed E-state index contributed by atoms with van der Waals surface area (Å²) in [4.78, 5) is 0. The van der Waals surface area contributed by atoms with E-state index in [4.69, 9.17) is 22.2 Å². The lowest BCUT2D eigenvalue weighted by molar-refractivity contribution is 0.183. The van der Waals surface area contributed by atoms with Crippen molar-refractivity contribution in [2.24, 2.45) is 11.8 Å². The molecule has 4 heteroatoms. The molecule has 0 aliphatic carbocycles. The lowest BCUT2D eigenvalue weighted by Gasteiger charge is -2.31. The highest BCUT2D eigenvalue weighted by atomic mass is 35.5. The first-order valence-electron chi connectivity index (χ1n) is 7.18. The van der Waals surface area contributed by atoms with Gasteiger partial charge in [0, 0.05) is 17.0 Å². The first-order valence-corrected chi connectivity index (χ1v) is 7.56. The summed E-state index contributed by atoms with van der Waals surface area (Å²) in [6, 6.07) is 16.2. The number of rotatable bonds is 4. The fourth-order valence-corrected chi connectivity index (χ4v) is 3.09. The standard InChI is InChI=1S/C17H19ClN2O/c18-15-7-3-1-5-12(15)10-16(20-19)14-9-13-6-2-4-8-17(13)21-11-14/h1-8,14,16,20H,9-11,19H2. The third-order valence-electron chi connectivity index (χ3n) is 4.09. The summed E-state index contributed by atoms with van der Waals surface area (Å²) in [7, 11) is 0. The smallest absolute Gasteiger partial charge is 0.122 e. The van der Waals surface area contributed by atoms with Crippen molar-refractivity contribution < 1.29 is 4.74 Å². The Bertz CT molecular complexity index is 617. The molecule has 3 nitrogen and oxygen atoms in total. The van der Waals surface area contributed by atoms with Crippen LogP contribution in [0.5, 0.6) is 5.75 Å².